The smallest absolute Gasteiger partial charge is 0.340 e. The van der Waals surface area contributed by atoms with Crippen LogP contribution in [0.4, 0.5) is 5.69 Å². The summed E-state index contributed by atoms with van der Waals surface area (Å²) in [5.41, 5.74) is 3.22. The van der Waals surface area contributed by atoms with Crippen LogP contribution in [0.1, 0.15) is 34.3 Å². The third-order valence-corrected chi connectivity index (χ3v) is 4.29. The minimum atomic E-state index is -0.474. The number of nitrogens with one attached hydrogen (secondary N) is 1. The molecule has 0 atom stereocenters. The molecule has 0 bridgehead atoms. The van der Waals surface area contributed by atoms with Gasteiger partial charge in [0.2, 0.25) is 11.8 Å². The minimum absolute atomic E-state index is 0.0401. The number of nitrogens with zero attached hydrogens (tertiary/aromatic N) is 1. The lowest BCUT2D eigenvalue weighted by Crippen LogP contribution is -2.18. The van der Waals surface area contributed by atoms with E-state index in [1.165, 1.54) is 0 Å². The van der Waals surface area contributed by atoms with Crippen LogP contribution in [-0.2, 0) is 16.0 Å². The molecule has 1 N–H and O–H groups in total. The molecule has 144 valence electrons. The Hall–Kier alpha value is -3.41. The molecule has 0 aliphatic heterocycles. The number of oxazole rings is 1. The van der Waals surface area contributed by atoms with Crippen LogP contribution in [-0.4, -0.2) is 23.5 Å². The van der Waals surface area contributed by atoms with E-state index in [1.807, 2.05) is 31.2 Å². The van der Waals surface area contributed by atoms with Crippen molar-refractivity contribution in [2.45, 2.75) is 27.2 Å². The zero-order chi connectivity index (χ0) is 20.1. The molecule has 3 aromatic rings. The third-order valence-electron chi connectivity index (χ3n) is 4.29. The van der Waals surface area contributed by atoms with Gasteiger partial charge in [-0.1, -0.05) is 30.3 Å². The van der Waals surface area contributed by atoms with Crippen molar-refractivity contribution < 1.29 is 18.7 Å². The maximum atomic E-state index is 12.5. The first-order valence-corrected chi connectivity index (χ1v) is 9.08. The Balaban J connectivity index is 1.76. The molecule has 6 heteroatoms. The van der Waals surface area contributed by atoms with Gasteiger partial charge in [0.25, 0.3) is 0 Å². The number of carbonyl (C=O) groups is 2. The molecule has 0 fully saturated rings. The molecule has 0 unspecified atom stereocenters. The normalized spacial score (nSPS) is 10.5. The number of aryl methyl sites for hydroxylation is 2. The Bertz CT molecular complexity index is 1010. The summed E-state index contributed by atoms with van der Waals surface area (Å²) in [7, 11) is 0. The van der Waals surface area contributed by atoms with E-state index in [0.717, 1.165) is 11.1 Å². The van der Waals surface area contributed by atoms with E-state index < -0.39 is 5.97 Å². The van der Waals surface area contributed by atoms with E-state index in [0.29, 0.717) is 28.6 Å². The van der Waals surface area contributed by atoms with Crippen molar-refractivity contribution in [1.82, 2.24) is 4.98 Å². The summed E-state index contributed by atoms with van der Waals surface area (Å²) in [6.07, 6.45) is 0.0401. The molecule has 0 aliphatic rings. The minimum Gasteiger partial charge on any atom is -0.462 e. The molecule has 0 spiro atoms. The van der Waals surface area contributed by atoms with Crippen LogP contribution < -0.4 is 5.32 Å². The van der Waals surface area contributed by atoms with Crippen LogP contribution >= 0.6 is 0 Å². The number of amides is 1. The fourth-order valence-corrected chi connectivity index (χ4v) is 2.85. The molecular formula is C22H22N2O4. The molecular weight excluding hydrogens is 356 g/mol. The Kier molecular flexibility index (Phi) is 5.89. The van der Waals surface area contributed by atoms with Gasteiger partial charge in [0.05, 0.1) is 30.0 Å². The van der Waals surface area contributed by atoms with Gasteiger partial charge in [-0.15, -0.1) is 0 Å². The lowest BCUT2D eigenvalue weighted by atomic mass is 10.1. The van der Waals surface area contributed by atoms with Crippen LogP contribution in [0.2, 0.25) is 0 Å². The van der Waals surface area contributed by atoms with Crippen LogP contribution in [0, 0.1) is 13.8 Å². The highest BCUT2D eigenvalue weighted by Gasteiger charge is 2.18. The zero-order valence-corrected chi connectivity index (χ0v) is 16.1. The van der Waals surface area contributed by atoms with Crippen molar-refractivity contribution >= 4 is 17.6 Å². The average molecular weight is 378 g/mol. The van der Waals surface area contributed by atoms with Gasteiger partial charge in [0, 0.05) is 5.56 Å². The molecule has 1 heterocycles. The van der Waals surface area contributed by atoms with Crippen molar-refractivity contribution in [1.29, 1.82) is 0 Å². The lowest BCUT2D eigenvalue weighted by Gasteiger charge is -2.09. The Labute approximate surface area is 163 Å². The van der Waals surface area contributed by atoms with E-state index >= 15 is 0 Å². The fourth-order valence-electron chi connectivity index (χ4n) is 2.85. The maximum absolute atomic E-state index is 12.5. The van der Waals surface area contributed by atoms with E-state index in [9.17, 15) is 9.59 Å². The molecule has 0 saturated heterocycles. The Morgan fingerprint density at radius 1 is 1.07 bits per heavy atom. The van der Waals surface area contributed by atoms with E-state index in [4.69, 9.17) is 9.15 Å². The monoisotopic (exact) mass is 378 g/mol. The molecule has 2 aromatic carbocycles. The summed E-state index contributed by atoms with van der Waals surface area (Å²) in [4.78, 5) is 29.1. The first kappa shape index (κ1) is 19.4. The van der Waals surface area contributed by atoms with Crippen molar-refractivity contribution in [3.8, 4) is 11.5 Å². The second-order valence-electron chi connectivity index (χ2n) is 6.33. The van der Waals surface area contributed by atoms with Gasteiger partial charge in [-0.2, -0.15) is 0 Å². The third kappa shape index (κ3) is 4.28. The number of esters is 1. The van der Waals surface area contributed by atoms with Crippen molar-refractivity contribution in [2.24, 2.45) is 0 Å². The number of benzene rings is 2. The van der Waals surface area contributed by atoms with Crippen molar-refractivity contribution in [3.05, 3.63) is 71.1 Å². The lowest BCUT2D eigenvalue weighted by molar-refractivity contribution is -0.115. The van der Waals surface area contributed by atoms with Gasteiger partial charge in [0.1, 0.15) is 5.76 Å². The number of ether oxygens (including phenoxy) is 1. The van der Waals surface area contributed by atoms with Crippen LogP contribution in [0.25, 0.3) is 11.5 Å². The quantitative estimate of drug-likeness (QED) is 0.646. The van der Waals surface area contributed by atoms with Crippen LogP contribution in [0.15, 0.2) is 52.9 Å². The van der Waals surface area contributed by atoms with Gasteiger partial charge < -0.3 is 14.5 Å². The number of carbonyl (C=O) groups excluding carboxylic acids is 2. The topological polar surface area (TPSA) is 81.4 Å². The SMILES string of the molecule is CCOC(=O)c1ccccc1NC(=O)Cc1nc(-c2ccccc2C)oc1C. The van der Waals surface area contributed by atoms with Gasteiger partial charge in [-0.25, -0.2) is 9.78 Å². The summed E-state index contributed by atoms with van der Waals surface area (Å²) >= 11 is 0. The van der Waals surface area contributed by atoms with Gasteiger partial charge in [-0.05, 0) is 44.5 Å². The molecule has 28 heavy (non-hydrogen) atoms. The van der Waals surface area contributed by atoms with E-state index in [2.05, 4.69) is 10.3 Å². The average Bonchev–Trinajstić information content (AvgIpc) is 3.02. The number of para-hydroxylation sites is 1. The molecule has 1 amide bonds. The zero-order valence-electron chi connectivity index (χ0n) is 16.1. The molecule has 0 saturated carbocycles. The number of hydrogen-bond acceptors (Lipinski definition) is 5. The predicted molar refractivity (Wildman–Crippen MR) is 106 cm³/mol. The second-order valence-corrected chi connectivity index (χ2v) is 6.33. The van der Waals surface area contributed by atoms with Crippen molar-refractivity contribution in [2.75, 3.05) is 11.9 Å². The second kappa shape index (κ2) is 8.52. The Morgan fingerprint density at radius 3 is 2.54 bits per heavy atom. The molecule has 6 nitrogen and oxygen atoms in total. The standard InChI is InChI=1S/C22H22N2O4/c1-4-27-22(26)17-11-7-8-12-18(17)23-20(25)13-19-15(3)28-21(24-19)16-10-6-5-9-14(16)2/h5-12H,4,13H2,1-3H3,(H,23,25). The summed E-state index contributed by atoms with van der Waals surface area (Å²) in [6.45, 7) is 5.76. The first-order chi connectivity index (χ1) is 13.5. The van der Waals surface area contributed by atoms with Gasteiger partial charge in [0.15, 0.2) is 0 Å². The fraction of sp³-hybridized carbons (Fsp3) is 0.227. The highest BCUT2D eigenvalue weighted by Crippen LogP contribution is 2.25. The highest BCUT2D eigenvalue weighted by molar-refractivity contribution is 6.01. The first-order valence-electron chi connectivity index (χ1n) is 9.08. The molecule has 0 radical (unpaired) electrons. The number of aromatic nitrogens is 1. The molecule has 1 aromatic heterocycles. The predicted octanol–water partition coefficient (Wildman–Crippen LogP) is 4.32. The largest absolute Gasteiger partial charge is 0.462 e. The summed E-state index contributed by atoms with van der Waals surface area (Å²) < 4.78 is 10.8. The molecule has 3 rings (SSSR count). The maximum Gasteiger partial charge on any atom is 0.340 e. The summed E-state index contributed by atoms with van der Waals surface area (Å²) in [5, 5.41) is 2.76. The van der Waals surface area contributed by atoms with E-state index in [-0.39, 0.29) is 18.9 Å². The van der Waals surface area contributed by atoms with Crippen molar-refractivity contribution in [3.63, 3.8) is 0 Å². The molecule has 0 aliphatic carbocycles. The number of hydrogen-bond donors (Lipinski definition) is 1. The summed E-state index contributed by atoms with van der Waals surface area (Å²) in [6, 6.07) is 14.5. The Morgan fingerprint density at radius 2 is 1.79 bits per heavy atom. The van der Waals surface area contributed by atoms with Crippen LogP contribution in [0.3, 0.4) is 0 Å². The van der Waals surface area contributed by atoms with E-state index in [1.54, 1.807) is 38.1 Å². The van der Waals surface area contributed by atoms with Gasteiger partial charge >= 0.3 is 5.97 Å². The highest BCUT2D eigenvalue weighted by atomic mass is 16.5. The van der Waals surface area contributed by atoms with Gasteiger partial charge in [-0.3, -0.25) is 4.79 Å². The number of anilines is 1. The summed E-state index contributed by atoms with van der Waals surface area (Å²) in [5.74, 6) is 0.319. The van der Waals surface area contributed by atoms with Crippen LogP contribution in [0.5, 0.6) is 0 Å². The number of rotatable bonds is 6.